The minimum atomic E-state index is -1.08. The molecule has 0 bridgehead atoms. The summed E-state index contributed by atoms with van der Waals surface area (Å²) < 4.78 is 0. The average Bonchev–Trinajstić information content (AvgIpc) is 1.86. The van der Waals surface area contributed by atoms with E-state index in [9.17, 15) is 4.79 Å². The maximum atomic E-state index is 10.3. The van der Waals surface area contributed by atoms with E-state index in [1.807, 2.05) is 0 Å². The smallest absolute Gasteiger partial charge is 0.312 e. The summed E-state index contributed by atoms with van der Waals surface area (Å²) in [5.74, 6) is -0.862. The van der Waals surface area contributed by atoms with E-state index in [4.69, 9.17) is 10.2 Å². The molecular weight excluding hydrogens is 140 g/mol. The van der Waals surface area contributed by atoms with Gasteiger partial charge in [-0.1, -0.05) is 0 Å². The van der Waals surface area contributed by atoms with Crippen LogP contribution >= 0.6 is 12.6 Å². The number of rotatable bonds is 3. The van der Waals surface area contributed by atoms with Crippen LogP contribution in [0.5, 0.6) is 0 Å². The Labute approximate surface area is 59.1 Å². The molecule has 0 aliphatic carbocycles. The highest BCUT2D eigenvalue weighted by Crippen LogP contribution is 2.16. The Morgan fingerprint density at radius 1 is 1.78 bits per heavy atom. The predicted molar refractivity (Wildman–Crippen MR) is 36.7 cm³/mol. The molecule has 0 fully saturated rings. The van der Waals surface area contributed by atoms with Crippen molar-refractivity contribution in [3.8, 4) is 0 Å². The monoisotopic (exact) mass is 150 g/mol. The highest BCUT2D eigenvalue weighted by Gasteiger charge is 2.30. The van der Waals surface area contributed by atoms with E-state index in [0.717, 1.165) is 0 Å². The summed E-state index contributed by atoms with van der Waals surface area (Å²) in [6, 6.07) is 0. The molecule has 0 aliphatic rings. The van der Waals surface area contributed by atoms with Gasteiger partial charge in [0.2, 0.25) is 0 Å². The Morgan fingerprint density at radius 3 is 2.22 bits per heavy atom. The van der Waals surface area contributed by atoms with Gasteiger partial charge in [-0.2, -0.15) is 12.6 Å². The minimum Gasteiger partial charge on any atom is -0.481 e. The molecule has 54 valence electrons. The van der Waals surface area contributed by atoms with Gasteiger partial charge in [-0.05, 0) is 6.92 Å². The SMILES string of the molecule is CC(CO)(CS)C(=O)O. The fraction of sp³-hybridized carbons (Fsp3) is 0.800. The second-order valence-electron chi connectivity index (χ2n) is 2.18. The van der Waals surface area contributed by atoms with Crippen LogP contribution in [-0.2, 0) is 4.79 Å². The summed E-state index contributed by atoms with van der Waals surface area (Å²) in [4.78, 5) is 10.3. The van der Waals surface area contributed by atoms with Gasteiger partial charge in [0.25, 0.3) is 0 Å². The van der Waals surface area contributed by atoms with Gasteiger partial charge >= 0.3 is 5.97 Å². The highest BCUT2D eigenvalue weighted by atomic mass is 32.1. The summed E-state index contributed by atoms with van der Waals surface area (Å²) >= 11 is 3.78. The van der Waals surface area contributed by atoms with Gasteiger partial charge in [0.05, 0.1) is 12.0 Å². The van der Waals surface area contributed by atoms with E-state index in [1.165, 1.54) is 6.92 Å². The lowest BCUT2D eigenvalue weighted by molar-refractivity contribution is -0.148. The average molecular weight is 150 g/mol. The summed E-state index contributed by atoms with van der Waals surface area (Å²) in [7, 11) is 0. The lowest BCUT2D eigenvalue weighted by Crippen LogP contribution is -2.33. The van der Waals surface area contributed by atoms with Crippen molar-refractivity contribution in [2.45, 2.75) is 6.92 Å². The number of aliphatic hydroxyl groups excluding tert-OH is 1. The number of aliphatic carboxylic acids is 1. The van der Waals surface area contributed by atoms with Crippen LogP contribution in [0.25, 0.3) is 0 Å². The zero-order chi connectivity index (χ0) is 7.49. The fourth-order valence-electron chi connectivity index (χ4n) is 0.185. The van der Waals surface area contributed by atoms with E-state index in [1.54, 1.807) is 0 Å². The van der Waals surface area contributed by atoms with Gasteiger partial charge < -0.3 is 10.2 Å². The molecule has 0 heterocycles. The van der Waals surface area contributed by atoms with Crippen LogP contribution in [0.15, 0.2) is 0 Å². The van der Waals surface area contributed by atoms with Gasteiger partial charge in [0.1, 0.15) is 0 Å². The molecule has 0 saturated carbocycles. The van der Waals surface area contributed by atoms with Crippen LogP contribution < -0.4 is 0 Å². The maximum absolute atomic E-state index is 10.3. The molecule has 4 heteroatoms. The number of hydrogen-bond donors (Lipinski definition) is 3. The standard InChI is InChI=1S/C5H10O3S/c1-5(2-6,3-9)4(7)8/h6,9H,2-3H2,1H3,(H,7,8). The summed E-state index contributed by atoms with van der Waals surface area (Å²) in [6.45, 7) is 1.08. The first kappa shape index (κ1) is 8.78. The quantitative estimate of drug-likeness (QED) is 0.496. The third-order valence-corrected chi connectivity index (χ3v) is 1.91. The molecule has 0 rings (SSSR count). The Balaban J connectivity index is 4.09. The molecule has 3 nitrogen and oxygen atoms in total. The zero-order valence-electron chi connectivity index (χ0n) is 5.16. The van der Waals surface area contributed by atoms with E-state index < -0.39 is 11.4 Å². The molecule has 0 spiro atoms. The number of thiol groups is 1. The van der Waals surface area contributed by atoms with Crippen LogP contribution in [0.3, 0.4) is 0 Å². The molecular formula is C5H10O3S. The lowest BCUT2D eigenvalue weighted by atomic mass is 9.95. The predicted octanol–water partition coefficient (Wildman–Crippen LogP) is -0.000600. The van der Waals surface area contributed by atoms with Crippen LogP contribution in [0.1, 0.15) is 6.92 Å². The van der Waals surface area contributed by atoms with E-state index in [-0.39, 0.29) is 12.4 Å². The molecule has 1 atom stereocenters. The number of carboxylic acid groups (broad SMARTS) is 1. The Kier molecular flexibility index (Phi) is 3.00. The Hall–Kier alpha value is -0.220. The van der Waals surface area contributed by atoms with Crippen molar-refractivity contribution in [1.29, 1.82) is 0 Å². The molecule has 0 radical (unpaired) electrons. The van der Waals surface area contributed by atoms with Crippen LogP contribution in [-0.4, -0.2) is 28.5 Å². The van der Waals surface area contributed by atoms with Crippen LogP contribution in [0.2, 0.25) is 0 Å². The van der Waals surface area contributed by atoms with Crippen molar-refractivity contribution in [2.75, 3.05) is 12.4 Å². The molecule has 2 N–H and O–H groups in total. The van der Waals surface area contributed by atoms with E-state index in [0.29, 0.717) is 0 Å². The molecule has 9 heavy (non-hydrogen) atoms. The second kappa shape index (κ2) is 3.08. The second-order valence-corrected chi connectivity index (χ2v) is 2.50. The van der Waals surface area contributed by atoms with Crippen LogP contribution in [0, 0.1) is 5.41 Å². The molecule has 0 aliphatic heterocycles. The molecule has 0 aromatic heterocycles. The third kappa shape index (κ3) is 1.87. The van der Waals surface area contributed by atoms with Gasteiger partial charge in [0, 0.05) is 5.75 Å². The molecule has 0 amide bonds. The molecule has 1 unspecified atom stereocenters. The number of carbonyl (C=O) groups is 1. The first-order valence-electron chi connectivity index (χ1n) is 2.52. The first-order chi connectivity index (χ1) is 4.06. The van der Waals surface area contributed by atoms with Crippen molar-refractivity contribution >= 4 is 18.6 Å². The van der Waals surface area contributed by atoms with Gasteiger partial charge in [-0.25, -0.2) is 0 Å². The number of hydrogen-bond acceptors (Lipinski definition) is 3. The van der Waals surface area contributed by atoms with Gasteiger partial charge in [-0.15, -0.1) is 0 Å². The van der Waals surface area contributed by atoms with Crippen LogP contribution in [0.4, 0.5) is 0 Å². The maximum Gasteiger partial charge on any atom is 0.312 e. The molecule has 0 saturated heterocycles. The Morgan fingerprint density at radius 2 is 2.22 bits per heavy atom. The minimum absolute atomic E-state index is 0.152. The number of carboxylic acids is 1. The summed E-state index contributed by atoms with van der Waals surface area (Å²) in [5.41, 5.74) is -1.08. The van der Waals surface area contributed by atoms with Crippen molar-refractivity contribution in [3.05, 3.63) is 0 Å². The fourth-order valence-corrected chi connectivity index (χ4v) is 0.421. The van der Waals surface area contributed by atoms with Gasteiger partial charge in [0.15, 0.2) is 0 Å². The van der Waals surface area contributed by atoms with Crippen molar-refractivity contribution in [1.82, 2.24) is 0 Å². The van der Waals surface area contributed by atoms with Crippen molar-refractivity contribution < 1.29 is 15.0 Å². The normalized spacial score (nSPS) is 16.8. The molecule has 0 aromatic carbocycles. The van der Waals surface area contributed by atoms with Crippen molar-refractivity contribution in [2.24, 2.45) is 5.41 Å². The van der Waals surface area contributed by atoms with E-state index in [2.05, 4.69) is 12.6 Å². The largest absolute Gasteiger partial charge is 0.481 e. The zero-order valence-corrected chi connectivity index (χ0v) is 6.06. The van der Waals surface area contributed by atoms with E-state index >= 15 is 0 Å². The molecule has 0 aromatic rings. The topological polar surface area (TPSA) is 57.5 Å². The third-order valence-electron chi connectivity index (χ3n) is 1.21. The highest BCUT2D eigenvalue weighted by molar-refractivity contribution is 7.80. The van der Waals surface area contributed by atoms with Gasteiger partial charge in [-0.3, -0.25) is 4.79 Å². The Bertz CT molecular complexity index is 109. The first-order valence-corrected chi connectivity index (χ1v) is 3.15. The van der Waals surface area contributed by atoms with Crippen molar-refractivity contribution in [3.63, 3.8) is 0 Å². The lowest BCUT2D eigenvalue weighted by Gasteiger charge is -2.17. The number of aliphatic hydroxyl groups is 1. The summed E-state index contributed by atoms with van der Waals surface area (Å²) in [5, 5.41) is 16.9. The summed E-state index contributed by atoms with van der Waals surface area (Å²) in [6.07, 6.45) is 0.